The van der Waals surface area contributed by atoms with Gasteiger partial charge in [-0.2, -0.15) is 0 Å². The zero-order chi connectivity index (χ0) is 15.9. The Hall–Kier alpha value is -2.41. The summed E-state index contributed by atoms with van der Waals surface area (Å²) in [5, 5.41) is 14.7. The Morgan fingerprint density at radius 2 is 2.14 bits per heavy atom. The molecule has 116 valence electrons. The smallest absolute Gasteiger partial charge is 0.319 e. The van der Waals surface area contributed by atoms with Crippen molar-refractivity contribution in [1.29, 1.82) is 0 Å². The fourth-order valence-corrected chi connectivity index (χ4v) is 2.84. The van der Waals surface area contributed by atoms with Crippen LogP contribution in [0.4, 0.5) is 9.18 Å². The number of halogens is 1. The van der Waals surface area contributed by atoms with Gasteiger partial charge >= 0.3 is 6.03 Å². The Bertz CT molecular complexity index is 672. The molecule has 1 aromatic carbocycles. The fourth-order valence-electron chi connectivity index (χ4n) is 2.84. The average Bonchev–Trinajstić information content (AvgIpc) is 2.74. The Morgan fingerprint density at radius 3 is 2.82 bits per heavy atom. The van der Waals surface area contributed by atoms with E-state index in [0.29, 0.717) is 11.3 Å². The van der Waals surface area contributed by atoms with Crippen LogP contribution >= 0.6 is 0 Å². The summed E-state index contributed by atoms with van der Waals surface area (Å²) in [7, 11) is 0. The Kier molecular flexibility index (Phi) is 3.58. The van der Waals surface area contributed by atoms with E-state index in [-0.39, 0.29) is 24.6 Å². The van der Waals surface area contributed by atoms with Gasteiger partial charge in [-0.3, -0.25) is 4.79 Å². The van der Waals surface area contributed by atoms with Gasteiger partial charge in [-0.25, -0.2) is 9.18 Å². The van der Waals surface area contributed by atoms with E-state index in [9.17, 15) is 19.1 Å². The molecule has 0 fully saturated rings. The molecular formula is C15H16FN3O3. The van der Waals surface area contributed by atoms with Crippen molar-refractivity contribution in [3.8, 4) is 0 Å². The highest BCUT2D eigenvalue weighted by Crippen LogP contribution is 2.33. The molecule has 1 aromatic rings. The van der Waals surface area contributed by atoms with Crippen LogP contribution in [0.25, 0.3) is 0 Å². The molecule has 2 aliphatic heterocycles. The van der Waals surface area contributed by atoms with Crippen molar-refractivity contribution < 1.29 is 19.1 Å². The van der Waals surface area contributed by atoms with E-state index in [4.69, 9.17) is 0 Å². The maximum atomic E-state index is 14.0. The van der Waals surface area contributed by atoms with Crippen LogP contribution in [0.2, 0.25) is 0 Å². The van der Waals surface area contributed by atoms with Crippen molar-refractivity contribution in [3.63, 3.8) is 0 Å². The van der Waals surface area contributed by atoms with Crippen LogP contribution in [-0.4, -0.2) is 41.1 Å². The van der Waals surface area contributed by atoms with Gasteiger partial charge in [0.25, 0.3) is 5.91 Å². The minimum Gasteiger partial charge on any atom is -0.392 e. The number of rotatable bonds is 3. The molecule has 0 spiro atoms. The number of carbonyl (C=O) groups is 2. The quantitative estimate of drug-likeness (QED) is 0.767. The van der Waals surface area contributed by atoms with Crippen LogP contribution in [0.3, 0.4) is 0 Å². The highest BCUT2D eigenvalue weighted by atomic mass is 19.1. The zero-order valence-corrected chi connectivity index (χ0v) is 12.0. The number of urea groups is 1. The number of β-amino-alcohol motifs (C(OH)–C–C–N with tert-alkyl or cyclic N) is 1. The summed E-state index contributed by atoms with van der Waals surface area (Å²) in [6.07, 6.45) is -0.680. The van der Waals surface area contributed by atoms with Gasteiger partial charge in [0.2, 0.25) is 0 Å². The van der Waals surface area contributed by atoms with Gasteiger partial charge in [-0.1, -0.05) is 18.2 Å². The second-order valence-corrected chi connectivity index (χ2v) is 5.48. The summed E-state index contributed by atoms with van der Waals surface area (Å²) in [5.41, 5.74) is 1.03. The molecule has 2 heterocycles. The summed E-state index contributed by atoms with van der Waals surface area (Å²) in [4.78, 5) is 25.7. The summed E-state index contributed by atoms with van der Waals surface area (Å²) in [5.74, 6) is -0.792. The van der Waals surface area contributed by atoms with Gasteiger partial charge in [0.05, 0.1) is 30.0 Å². The van der Waals surface area contributed by atoms with Gasteiger partial charge in [0.15, 0.2) is 0 Å². The molecule has 2 unspecified atom stereocenters. The van der Waals surface area contributed by atoms with Crippen molar-refractivity contribution in [1.82, 2.24) is 15.5 Å². The van der Waals surface area contributed by atoms with Crippen molar-refractivity contribution in [2.75, 3.05) is 13.1 Å². The SMILES string of the molecule is CC(O)CN1CC2=C(C1=O)C(c1ccccc1F)NC(=O)N2. The van der Waals surface area contributed by atoms with Crippen molar-refractivity contribution >= 4 is 11.9 Å². The molecule has 3 rings (SSSR count). The lowest BCUT2D eigenvalue weighted by Crippen LogP contribution is -2.44. The summed E-state index contributed by atoms with van der Waals surface area (Å²) < 4.78 is 14.0. The minimum atomic E-state index is -0.823. The van der Waals surface area contributed by atoms with Gasteiger partial charge in [0.1, 0.15) is 5.82 Å². The zero-order valence-electron chi connectivity index (χ0n) is 12.0. The molecule has 0 aromatic heterocycles. The molecule has 0 bridgehead atoms. The molecule has 3 N–H and O–H groups in total. The van der Waals surface area contributed by atoms with Crippen LogP contribution in [0, 0.1) is 5.82 Å². The highest BCUT2D eigenvalue weighted by Gasteiger charge is 2.41. The maximum absolute atomic E-state index is 14.0. The van der Waals surface area contributed by atoms with Gasteiger partial charge in [-0.15, -0.1) is 0 Å². The highest BCUT2D eigenvalue weighted by molar-refractivity contribution is 6.01. The molecule has 2 aliphatic rings. The van der Waals surface area contributed by atoms with Crippen molar-refractivity contribution in [3.05, 3.63) is 46.9 Å². The third-order valence-corrected chi connectivity index (χ3v) is 3.72. The van der Waals surface area contributed by atoms with Crippen LogP contribution in [-0.2, 0) is 4.79 Å². The fraction of sp³-hybridized carbons (Fsp3) is 0.333. The van der Waals surface area contributed by atoms with Crippen LogP contribution in [0.5, 0.6) is 0 Å². The molecule has 22 heavy (non-hydrogen) atoms. The third kappa shape index (κ3) is 2.43. The third-order valence-electron chi connectivity index (χ3n) is 3.72. The monoisotopic (exact) mass is 305 g/mol. The first-order chi connectivity index (χ1) is 10.5. The molecule has 7 heteroatoms. The summed E-state index contributed by atoms with van der Waals surface area (Å²) in [6, 6.07) is 4.74. The molecule has 3 amide bonds. The number of aliphatic hydroxyl groups is 1. The van der Waals surface area contributed by atoms with Crippen LogP contribution in [0.1, 0.15) is 18.5 Å². The summed E-state index contributed by atoms with van der Waals surface area (Å²) in [6.45, 7) is 1.94. The van der Waals surface area contributed by atoms with Crippen LogP contribution < -0.4 is 10.6 Å². The molecule has 0 radical (unpaired) electrons. The largest absolute Gasteiger partial charge is 0.392 e. The maximum Gasteiger partial charge on any atom is 0.319 e. The summed E-state index contributed by atoms with van der Waals surface area (Å²) >= 11 is 0. The number of aliphatic hydroxyl groups excluding tert-OH is 1. The average molecular weight is 305 g/mol. The lowest BCUT2D eigenvalue weighted by molar-refractivity contribution is -0.126. The van der Waals surface area contributed by atoms with Gasteiger partial charge < -0.3 is 20.6 Å². The minimum absolute atomic E-state index is 0.158. The number of carbonyl (C=O) groups excluding carboxylic acids is 2. The number of hydrogen-bond donors (Lipinski definition) is 3. The first-order valence-electron chi connectivity index (χ1n) is 6.99. The van der Waals surface area contributed by atoms with Crippen molar-refractivity contribution in [2.45, 2.75) is 19.1 Å². The Morgan fingerprint density at radius 1 is 1.41 bits per heavy atom. The van der Waals surface area contributed by atoms with E-state index in [1.54, 1.807) is 25.1 Å². The predicted molar refractivity (Wildman–Crippen MR) is 76.1 cm³/mol. The normalized spacial score (nSPS) is 22.3. The van der Waals surface area contributed by atoms with E-state index in [0.717, 1.165) is 0 Å². The molecule has 0 saturated carbocycles. The number of hydrogen-bond acceptors (Lipinski definition) is 3. The van der Waals surface area contributed by atoms with Crippen molar-refractivity contribution in [2.24, 2.45) is 0 Å². The first kappa shape index (κ1) is 14.5. The van der Waals surface area contributed by atoms with Gasteiger partial charge in [0, 0.05) is 12.1 Å². The van der Waals surface area contributed by atoms with E-state index in [1.165, 1.54) is 11.0 Å². The van der Waals surface area contributed by atoms with E-state index < -0.39 is 24.0 Å². The lowest BCUT2D eigenvalue weighted by atomic mass is 9.96. The second kappa shape index (κ2) is 5.42. The second-order valence-electron chi connectivity index (χ2n) is 5.48. The Labute approximate surface area is 126 Å². The van der Waals surface area contributed by atoms with Crippen LogP contribution in [0.15, 0.2) is 35.5 Å². The molecular weight excluding hydrogens is 289 g/mol. The molecule has 2 atom stereocenters. The molecule has 0 saturated heterocycles. The number of nitrogens with zero attached hydrogens (tertiary/aromatic N) is 1. The first-order valence-corrected chi connectivity index (χ1v) is 6.99. The molecule has 0 aliphatic carbocycles. The predicted octanol–water partition coefficient (Wildman–Crippen LogP) is 0.657. The standard InChI is InChI=1S/C15H16FN3O3/c1-8(20)6-19-7-11-12(14(19)21)13(18-15(22)17-11)9-4-2-3-5-10(9)16/h2-5,8,13,20H,6-7H2,1H3,(H2,17,18,22). The topological polar surface area (TPSA) is 81.7 Å². The number of nitrogens with one attached hydrogen (secondary N) is 2. The van der Waals surface area contributed by atoms with Gasteiger partial charge in [-0.05, 0) is 13.0 Å². The van der Waals surface area contributed by atoms with E-state index >= 15 is 0 Å². The van der Waals surface area contributed by atoms with E-state index in [2.05, 4.69) is 10.6 Å². The lowest BCUT2D eigenvalue weighted by Gasteiger charge is -2.25. The molecule has 6 nitrogen and oxygen atoms in total. The van der Waals surface area contributed by atoms with E-state index in [1.807, 2.05) is 0 Å². The number of amides is 3. The Balaban J connectivity index is 1.98. The number of benzene rings is 1.